The Hall–Kier alpha value is -2.40. The minimum atomic E-state index is -0.332. The van der Waals surface area contributed by atoms with Crippen LogP contribution in [0.2, 0.25) is 0 Å². The highest BCUT2D eigenvalue weighted by Crippen LogP contribution is 2.17. The number of aryl methyl sites for hydroxylation is 1. The highest BCUT2D eigenvalue weighted by molar-refractivity contribution is 5.95. The summed E-state index contributed by atoms with van der Waals surface area (Å²) in [6.07, 6.45) is 1.73. The first-order chi connectivity index (χ1) is 11.9. The number of hydrogen-bond donors (Lipinski definition) is 1. The molecule has 1 aromatic heterocycles. The summed E-state index contributed by atoms with van der Waals surface area (Å²) in [6.45, 7) is 7.52. The van der Waals surface area contributed by atoms with Crippen molar-refractivity contribution in [3.63, 3.8) is 0 Å². The lowest BCUT2D eigenvalue weighted by atomic mass is 10.1. The zero-order valence-electron chi connectivity index (χ0n) is 15.3. The quantitative estimate of drug-likeness (QED) is 0.878. The molecule has 5 nitrogen and oxygen atoms in total. The minimum Gasteiger partial charge on any atom is -0.395 e. The molecule has 5 heteroatoms. The number of amides is 1. The second-order valence-corrected chi connectivity index (χ2v) is 6.49. The Morgan fingerprint density at radius 3 is 2.36 bits per heavy atom. The molecule has 0 saturated carbocycles. The molecular weight excluding hydrogens is 316 g/mol. The van der Waals surface area contributed by atoms with Crippen molar-refractivity contribution in [3.8, 4) is 0 Å². The SMILES string of the molecule is Cc1ccn(C(C)c2ccccc2)c(=O)c1C(=O)N(CCO)C(C)C. The van der Waals surface area contributed by atoms with Crippen molar-refractivity contribution in [2.45, 2.75) is 39.8 Å². The number of pyridine rings is 1. The Labute approximate surface area is 148 Å². The lowest BCUT2D eigenvalue weighted by Gasteiger charge is -2.27. The van der Waals surface area contributed by atoms with Crippen molar-refractivity contribution in [2.24, 2.45) is 0 Å². The molecule has 0 spiro atoms. The molecule has 2 rings (SSSR count). The second-order valence-electron chi connectivity index (χ2n) is 6.49. The van der Waals surface area contributed by atoms with Crippen LogP contribution in [0, 0.1) is 6.92 Å². The summed E-state index contributed by atoms with van der Waals surface area (Å²) >= 11 is 0. The van der Waals surface area contributed by atoms with Gasteiger partial charge in [0, 0.05) is 18.8 Å². The van der Waals surface area contributed by atoms with Crippen molar-refractivity contribution in [2.75, 3.05) is 13.2 Å². The molecule has 0 aliphatic carbocycles. The number of carbonyl (C=O) groups excluding carboxylic acids is 1. The normalized spacial score (nSPS) is 12.2. The number of hydrogen-bond acceptors (Lipinski definition) is 3. The Bertz CT molecular complexity index is 781. The van der Waals surface area contributed by atoms with Gasteiger partial charge < -0.3 is 14.6 Å². The van der Waals surface area contributed by atoms with Gasteiger partial charge in [0.25, 0.3) is 11.5 Å². The molecule has 0 bridgehead atoms. The molecule has 1 amide bonds. The number of nitrogens with zero attached hydrogens (tertiary/aromatic N) is 2. The van der Waals surface area contributed by atoms with E-state index in [4.69, 9.17) is 0 Å². The maximum atomic E-state index is 13.0. The molecule has 2 aromatic rings. The third-order valence-corrected chi connectivity index (χ3v) is 4.47. The predicted molar refractivity (Wildman–Crippen MR) is 99.0 cm³/mol. The molecule has 0 radical (unpaired) electrons. The zero-order chi connectivity index (χ0) is 18.6. The van der Waals surface area contributed by atoms with Gasteiger partial charge in [0.1, 0.15) is 5.56 Å². The van der Waals surface area contributed by atoms with Crippen LogP contribution in [0.25, 0.3) is 0 Å². The molecule has 0 aliphatic rings. The summed E-state index contributed by atoms with van der Waals surface area (Å²) < 4.78 is 1.59. The van der Waals surface area contributed by atoms with Gasteiger partial charge in [-0.2, -0.15) is 0 Å². The largest absolute Gasteiger partial charge is 0.395 e. The summed E-state index contributed by atoms with van der Waals surface area (Å²) in [4.78, 5) is 27.5. The van der Waals surface area contributed by atoms with Gasteiger partial charge in [-0.05, 0) is 44.9 Å². The molecule has 0 aliphatic heterocycles. The third kappa shape index (κ3) is 3.99. The average molecular weight is 342 g/mol. The second kappa shape index (κ2) is 8.12. The van der Waals surface area contributed by atoms with Crippen LogP contribution in [0.15, 0.2) is 47.4 Å². The summed E-state index contributed by atoms with van der Waals surface area (Å²) in [5.74, 6) is -0.332. The zero-order valence-corrected chi connectivity index (χ0v) is 15.3. The van der Waals surface area contributed by atoms with Gasteiger partial charge in [-0.3, -0.25) is 9.59 Å². The van der Waals surface area contributed by atoms with Crippen LogP contribution in [0.5, 0.6) is 0 Å². The molecule has 1 unspecified atom stereocenters. The third-order valence-electron chi connectivity index (χ3n) is 4.47. The summed E-state index contributed by atoms with van der Waals surface area (Å²) in [5.41, 5.74) is 1.52. The van der Waals surface area contributed by atoms with Crippen LogP contribution in [0.3, 0.4) is 0 Å². The first-order valence-corrected chi connectivity index (χ1v) is 8.57. The van der Waals surface area contributed by atoms with Crippen LogP contribution >= 0.6 is 0 Å². The highest BCUT2D eigenvalue weighted by Gasteiger charge is 2.24. The monoisotopic (exact) mass is 342 g/mol. The summed E-state index contributed by atoms with van der Waals surface area (Å²) in [6, 6.07) is 11.2. The number of aliphatic hydroxyl groups is 1. The number of rotatable bonds is 6. The minimum absolute atomic E-state index is 0.0985. The van der Waals surface area contributed by atoms with Gasteiger partial charge in [0.2, 0.25) is 0 Å². The highest BCUT2D eigenvalue weighted by atomic mass is 16.3. The molecule has 1 heterocycles. The van der Waals surface area contributed by atoms with Gasteiger partial charge >= 0.3 is 0 Å². The first-order valence-electron chi connectivity index (χ1n) is 8.57. The van der Waals surface area contributed by atoms with Crippen molar-refractivity contribution >= 4 is 5.91 Å². The van der Waals surface area contributed by atoms with Crippen LogP contribution in [0.4, 0.5) is 0 Å². The van der Waals surface area contributed by atoms with E-state index in [1.807, 2.05) is 51.1 Å². The molecule has 134 valence electrons. The van der Waals surface area contributed by atoms with E-state index in [1.165, 1.54) is 4.90 Å². The molecule has 0 saturated heterocycles. The fourth-order valence-electron chi connectivity index (χ4n) is 2.94. The van der Waals surface area contributed by atoms with E-state index < -0.39 is 0 Å². The van der Waals surface area contributed by atoms with Crippen LogP contribution < -0.4 is 5.56 Å². The van der Waals surface area contributed by atoms with Crippen molar-refractivity contribution in [1.82, 2.24) is 9.47 Å². The van der Waals surface area contributed by atoms with E-state index in [9.17, 15) is 14.7 Å². The Balaban J connectivity index is 2.50. The number of benzene rings is 1. The number of aromatic nitrogens is 1. The van der Waals surface area contributed by atoms with Crippen LogP contribution in [-0.4, -0.2) is 39.7 Å². The van der Waals surface area contributed by atoms with Crippen LogP contribution in [0.1, 0.15) is 48.3 Å². The standard InChI is InChI=1S/C20H26N2O3/c1-14(2)21(12-13-23)19(24)18-15(3)10-11-22(20(18)25)16(4)17-8-6-5-7-9-17/h5-11,14,16,23H,12-13H2,1-4H3. The van der Waals surface area contributed by atoms with Gasteiger partial charge in [-0.15, -0.1) is 0 Å². The first kappa shape index (κ1) is 18.9. The molecule has 1 N–H and O–H groups in total. The molecular formula is C20H26N2O3. The van der Waals surface area contributed by atoms with E-state index in [0.717, 1.165) is 5.56 Å². The lowest BCUT2D eigenvalue weighted by molar-refractivity contribution is 0.0662. The molecule has 1 aromatic carbocycles. The van der Waals surface area contributed by atoms with Crippen molar-refractivity contribution in [3.05, 3.63) is 69.6 Å². The maximum Gasteiger partial charge on any atom is 0.264 e. The Kier molecular flexibility index (Phi) is 6.15. The fraction of sp³-hybridized carbons (Fsp3) is 0.400. The van der Waals surface area contributed by atoms with E-state index in [-0.39, 0.29) is 42.3 Å². The van der Waals surface area contributed by atoms with E-state index >= 15 is 0 Å². The smallest absolute Gasteiger partial charge is 0.264 e. The van der Waals surface area contributed by atoms with Crippen LogP contribution in [-0.2, 0) is 0 Å². The topological polar surface area (TPSA) is 62.5 Å². The van der Waals surface area contributed by atoms with Crippen molar-refractivity contribution in [1.29, 1.82) is 0 Å². The molecule has 1 atom stereocenters. The lowest BCUT2D eigenvalue weighted by Crippen LogP contribution is -2.43. The van der Waals surface area contributed by atoms with E-state index in [2.05, 4.69) is 0 Å². The molecule has 25 heavy (non-hydrogen) atoms. The Morgan fingerprint density at radius 1 is 1.16 bits per heavy atom. The average Bonchev–Trinajstić information content (AvgIpc) is 2.59. The van der Waals surface area contributed by atoms with Crippen molar-refractivity contribution < 1.29 is 9.90 Å². The number of aliphatic hydroxyl groups excluding tert-OH is 1. The molecule has 0 fully saturated rings. The van der Waals surface area contributed by atoms with Gasteiger partial charge in [-0.25, -0.2) is 0 Å². The predicted octanol–water partition coefficient (Wildman–Crippen LogP) is 2.61. The number of carbonyl (C=O) groups is 1. The summed E-state index contributed by atoms with van der Waals surface area (Å²) in [5, 5.41) is 9.23. The van der Waals surface area contributed by atoms with Gasteiger partial charge in [-0.1, -0.05) is 30.3 Å². The Morgan fingerprint density at radius 2 is 1.80 bits per heavy atom. The maximum absolute atomic E-state index is 13.0. The summed E-state index contributed by atoms with van der Waals surface area (Å²) in [7, 11) is 0. The van der Waals surface area contributed by atoms with Gasteiger partial charge in [0.05, 0.1) is 12.6 Å². The van der Waals surface area contributed by atoms with Gasteiger partial charge in [0.15, 0.2) is 0 Å². The fourth-order valence-corrected chi connectivity index (χ4v) is 2.94. The van der Waals surface area contributed by atoms with E-state index in [0.29, 0.717) is 5.56 Å². The van der Waals surface area contributed by atoms with E-state index in [1.54, 1.807) is 23.8 Å².